The maximum Gasteiger partial charge on any atom is 0.339 e. The SMILES string of the molecule is COC(=O)c1ccc(C#CCCSC(C)=O)cc1Cl. The molecule has 0 heterocycles. The minimum atomic E-state index is -0.470. The summed E-state index contributed by atoms with van der Waals surface area (Å²) in [6, 6.07) is 4.92. The van der Waals surface area contributed by atoms with Crippen molar-refractivity contribution in [3.63, 3.8) is 0 Å². The molecule has 0 unspecified atom stereocenters. The Kier molecular flexibility index (Phi) is 6.48. The molecule has 0 radical (unpaired) electrons. The lowest BCUT2D eigenvalue weighted by Gasteiger charge is -2.01. The number of ether oxygens (including phenoxy) is 1. The summed E-state index contributed by atoms with van der Waals surface area (Å²) < 4.78 is 4.60. The molecule has 0 atom stereocenters. The second-order valence-corrected chi connectivity index (χ2v) is 5.26. The molecule has 0 aliphatic rings. The van der Waals surface area contributed by atoms with Gasteiger partial charge in [0.25, 0.3) is 0 Å². The Hall–Kier alpha value is -1.44. The number of halogens is 1. The number of rotatable bonds is 3. The standard InChI is InChI=1S/C14H13ClO3S/c1-10(16)19-8-4-3-5-11-6-7-12(13(15)9-11)14(17)18-2/h6-7,9H,4,8H2,1-2H3. The topological polar surface area (TPSA) is 43.4 Å². The van der Waals surface area contributed by atoms with Crippen LogP contribution in [0.4, 0.5) is 0 Å². The van der Waals surface area contributed by atoms with Crippen LogP contribution in [-0.4, -0.2) is 23.9 Å². The second-order valence-electron chi connectivity index (χ2n) is 3.58. The van der Waals surface area contributed by atoms with Crippen molar-refractivity contribution >= 4 is 34.4 Å². The molecule has 0 amide bonds. The van der Waals surface area contributed by atoms with E-state index in [0.29, 0.717) is 22.8 Å². The summed E-state index contributed by atoms with van der Waals surface area (Å²) in [7, 11) is 1.30. The van der Waals surface area contributed by atoms with Crippen LogP contribution in [0.25, 0.3) is 0 Å². The zero-order valence-corrected chi connectivity index (χ0v) is 12.2. The number of esters is 1. The zero-order valence-electron chi connectivity index (χ0n) is 10.7. The lowest BCUT2D eigenvalue weighted by atomic mass is 10.1. The fourth-order valence-corrected chi connectivity index (χ4v) is 2.03. The highest BCUT2D eigenvalue weighted by Crippen LogP contribution is 2.18. The van der Waals surface area contributed by atoms with E-state index in [2.05, 4.69) is 16.6 Å². The molecule has 1 aromatic carbocycles. The molecule has 0 saturated carbocycles. The summed E-state index contributed by atoms with van der Waals surface area (Å²) in [5, 5.41) is 0.407. The van der Waals surface area contributed by atoms with Gasteiger partial charge in [0.1, 0.15) is 0 Å². The van der Waals surface area contributed by atoms with Crippen LogP contribution in [0.15, 0.2) is 18.2 Å². The van der Waals surface area contributed by atoms with E-state index in [1.54, 1.807) is 18.2 Å². The van der Waals surface area contributed by atoms with Crippen molar-refractivity contribution in [2.45, 2.75) is 13.3 Å². The van der Waals surface area contributed by atoms with Crippen LogP contribution < -0.4 is 0 Å². The molecule has 0 aliphatic heterocycles. The van der Waals surface area contributed by atoms with Crippen LogP contribution in [-0.2, 0) is 9.53 Å². The van der Waals surface area contributed by atoms with Crippen LogP contribution in [0.3, 0.4) is 0 Å². The summed E-state index contributed by atoms with van der Waals surface area (Å²) >= 11 is 7.22. The first kappa shape index (κ1) is 15.6. The van der Waals surface area contributed by atoms with Gasteiger partial charge in [0.2, 0.25) is 0 Å². The molecule has 0 spiro atoms. The minimum Gasteiger partial charge on any atom is -0.465 e. The van der Waals surface area contributed by atoms with Crippen molar-refractivity contribution < 1.29 is 14.3 Å². The monoisotopic (exact) mass is 296 g/mol. The van der Waals surface area contributed by atoms with E-state index in [0.717, 1.165) is 5.56 Å². The number of carbonyl (C=O) groups is 2. The molecule has 1 aromatic rings. The number of hydrogen-bond donors (Lipinski definition) is 0. The Bertz CT molecular complexity index is 543. The molecule has 100 valence electrons. The van der Waals surface area contributed by atoms with Gasteiger partial charge in [0.05, 0.1) is 17.7 Å². The zero-order chi connectivity index (χ0) is 14.3. The smallest absolute Gasteiger partial charge is 0.339 e. The van der Waals surface area contributed by atoms with Gasteiger partial charge in [0, 0.05) is 24.7 Å². The van der Waals surface area contributed by atoms with Crippen molar-refractivity contribution in [3.8, 4) is 11.8 Å². The Morgan fingerprint density at radius 1 is 1.42 bits per heavy atom. The van der Waals surface area contributed by atoms with Crippen molar-refractivity contribution in [3.05, 3.63) is 34.3 Å². The van der Waals surface area contributed by atoms with Gasteiger partial charge < -0.3 is 4.74 Å². The van der Waals surface area contributed by atoms with Gasteiger partial charge in [-0.25, -0.2) is 4.79 Å². The number of thioether (sulfide) groups is 1. The highest BCUT2D eigenvalue weighted by molar-refractivity contribution is 8.13. The second kappa shape index (κ2) is 7.88. The van der Waals surface area contributed by atoms with E-state index in [-0.39, 0.29) is 5.12 Å². The molecule has 5 heteroatoms. The molecule has 0 bridgehead atoms. The largest absolute Gasteiger partial charge is 0.465 e. The molecular weight excluding hydrogens is 284 g/mol. The summed E-state index contributed by atoms with van der Waals surface area (Å²) in [6.07, 6.45) is 0.626. The van der Waals surface area contributed by atoms with Crippen LogP contribution in [0.1, 0.15) is 29.3 Å². The average molecular weight is 297 g/mol. The molecule has 0 aromatic heterocycles. The third kappa shape index (κ3) is 5.37. The van der Waals surface area contributed by atoms with Gasteiger partial charge in [-0.15, -0.1) is 0 Å². The van der Waals surface area contributed by atoms with Crippen LogP contribution in [0.5, 0.6) is 0 Å². The van der Waals surface area contributed by atoms with Gasteiger partial charge in [-0.3, -0.25) is 4.79 Å². The summed E-state index contributed by atoms with van der Waals surface area (Å²) in [5.74, 6) is 6.09. The third-order valence-corrected chi connectivity index (χ3v) is 3.27. The molecule has 0 N–H and O–H groups in total. The van der Waals surface area contributed by atoms with Gasteiger partial charge >= 0.3 is 5.97 Å². The maximum absolute atomic E-state index is 11.3. The molecule has 0 fully saturated rings. The van der Waals surface area contributed by atoms with Crippen molar-refractivity contribution in [1.29, 1.82) is 0 Å². The van der Waals surface area contributed by atoms with Crippen LogP contribution >= 0.6 is 23.4 Å². The predicted octanol–water partition coefficient (Wildman–Crippen LogP) is 3.15. The lowest BCUT2D eigenvalue weighted by Crippen LogP contribution is -2.01. The molecule has 3 nitrogen and oxygen atoms in total. The van der Waals surface area contributed by atoms with Gasteiger partial charge in [-0.1, -0.05) is 35.2 Å². The first-order valence-electron chi connectivity index (χ1n) is 5.54. The fraction of sp³-hybridized carbons (Fsp3) is 0.286. The van der Waals surface area contributed by atoms with Crippen LogP contribution in [0.2, 0.25) is 5.02 Å². The summed E-state index contributed by atoms with van der Waals surface area (Å²) in [4.78, 5) is 22.0. The summed E-state index contributed by atoms with van der Waals surface area (Å²) in [6.45, 7) is 1.53. The van der Waals surface area contributed by atoms with Gasteiger partial charge in [0.15, 0.2) is 5.12 Å². The van der Waals surface area contributed by atoms with Crippen molar-refractivity contribution in [2.75, 3.05) is 12.9 Å². The highest BCUT2D eigenvalue weighted by atomic mass is 35.5. The molecule has 0 saturated heterocycles. The van der Waals surface area contributed by atoms with Crippen LogP contribution in [0, 0.1) is 11.8 Å². The average Bonchev–Trinajstić information content (AvgIpc) is 2.37. The fourth-order valence-electron chi connectivity index (χ4n) is 1.28. The van der Waals surface area contributed by atoms with Gasteiger partial charge in [-0.2, -0.15) is 0 Å². The van der Waals surface area contributed by atoms with E-state index >= 15 is 0 Å². The Balaban J connectivity index is 2.66. The molecule has 1 rings (SSSR count). The van der Waals surface area contributed by atoms with Crippen molar-refractivity contribution in [2.24, 2.45) is 0 Å². The van der Waals surface area contributed by atoms with Gasteiger partial charge in [-0.05, 0) is 18.2 Å². The Labute approximate surface area is 121 Å². The molecule has 19 heavy (non-hydrogen) atoms. The molecule has 0 aliphatic carbocycles. The maximum atomic E-state index is 11.3. The number of carbonyl (C=O) groups excluding carboxylic acids is 2. The normalized spacial score (nSPS) is 9.42. The Morgan fingerprint density at radius 2 is 2.16 bits per heavy atom. The van der Waals surface area contributed by atoms with E-state index in [4.69, 9.17) is 11.6 Å². The van der Waals surface area contributed by atoms with E-state index in [1.807, 2.05) is 0 Å². The number of hydrogen-bond acceptors (Lipinski definition) is 4. The first-order valence-corrected chi connectivity index (χ1v) is 6.91. The molecular formula is C14H13ClO3S. The quantitative estimate of drug-likeness (QED) is 0.488. The number of benzene rings is 1. The number of methoxy groups -OCH3 is 1. The highest BCUT2D eigenvalue weighted by Gasteiger charge is 2.09. The first-order chi connectivity index (χ1) is 9.04. The summed E-state index contributed by atoms with van der Waals surface area (Å²) in [5.41, 5.74) is 1.05. The van der Waals surface area contributed by atoms with Crippen molar-refractivity contribution in [1.82, 2.24) is 0 Å². The minimum absolute atomic E-state index is 0.0901. The van der Waals surface area contributed by atoms with E-state index in [9.17, 15) is 9.59 Å². The van der Waals surface area contributed by atoms with E-state index < -0.39 is 5.97 Å². The lowest BCUT2D eigenvalue weighted by molar-refractivity contribution is -0.109. The Morgan fingerprint density at radius 3 is 2.74 bits per heavy atom. The predicted molar refractivity (Wildman–Crippen MR) is 77.4 cm³/mol. The van der Waals surface area contributed by atoms with E-state index in [1.165, 1.54) is 25.8 Å². The third-order valence-electron chi connectivity index (χ3n) is 2.14.